The second-order valence-electron chi connectivity index (χ2n) is 3.47. The molecule has 0 unspecified atom stereocenters. The molecule has 0 atom stereocenters. The highest BCUT2D eigenvalue weighted by Crippen LogP contribution is 1.97. The van der Waals surface area contributed by atoms with Crippen LogP contribution >= 0.6 is 0 Å². The van der Waals surface area contributed by atoms with E-state index in [0.717, 1.165) is 19.7 Å². The molecule has 0 aliphatic carbocycles. The van der Waals surface area contributed by atoms with Crippen LogP contribution in [-0.2, 0) is 4.84 Å². The van der Waals surface area contributed by atoms with E-state index in [1.165, 1.54) is 26.2 Å². The monoisotopic (exact) mass is 187 g/mol. The van der Waals surface area contributed by atoms with Gasteiger partial charge in [-0.3, -0.25) is 4.90 Å². The van der Waals surface area contributed by atoms with E-state index in [1.54, 1.807) is 0 Å². The second-order valence-corrected chi connectivity index (χ2v) is 3.47. The number of hydroxylamine groups is 1. The Labute approximate surface area is 80.8 Å². The van der Waals surface area contributed by atoms with Crippen molar-refractivity contribution >= 4 is 0 Å². The number of nitrogens with one attached hydrogen (secondary N) is 1. The van der Waals surface area contributed by atoms with E-state index in [1.807, 2.05) is 6.92 Å². The van der Waals surface area contributed by atoms with Gasteiger partial charge in [-0.1, -0.05) is 0 Å². The first kappa shape index (κ1) is 10.9. The van der Waals surface area contributed by atoms with Gasteiger partial charge in [-0.15, -0.1) is 0 Å². The van der Waals surface area contributed by atoms with Gasteiger partial charge in [0.05, 0.1) is 6.61 Å². The molecule has 0 saturated carbocycles. The smallest absolute Gasteiger partial charge is 0.0653 e. The van der Waals surface area contributed by atoms with Gasteiger partial charge >= 0.3 is 0 Å². The third-order valence-electron chi connectivity index (χ3n) is 2.37. The summed E-state index contributed by atoms with van der Waals surface area (Å²) in [5.41, 5.74) is 2.94. The predicted octanol–water partition coefficient (Wildman–Crippen LogP) is -0.225. The molecule has 0 aromatic rings. The first-order valence-electron chi connectivity index (χ1n) is 5.08. The fourth-order valence-electron chi connectivity index (χ4n) is 1.45. The van der Waals surface area contributed by atoms with Crippen molar-refractivity contribution in [3.63, 3.8) is 0 Å². The molecule has 0 amide bonds. The van der Waals surface area contributed by atoms with Crippen molar-refractivity contribution in [2.45, 2.75) is 6.92 Å². The minimum absolute atomic E-state index is 0.739. The first-order chi connectivity index (χ1) is 6.33. The topological polar surface area (TPSA) is 27.7 Å². The number of nitrogens with zero attached hydrogens (tertiary/aromatic N) is 2. The summed E-state index contributed by atoms with van der Waals surface area (Å²) < 4.78 is 0. The third kappa shape index (κ3) is 4.57. The zero-order valence-electron chi connectivity index (χ0n) is 8.75. The molecule has 0 radical (unpaired) electrons. The Bertz CT molecular complexity index is 124. The van der Waals surface area contributed by atoms with Gasteiger partial charge in [-0.2, -0.15) is 0 Å². The quantitative estimate of drug-likeness (QED) is 0.475. The van der Waals surface area contributed by atoms with Crippen LogP contribution in [0, 0.1) is 0 Å². The summed E-state index contributed by atoms with van der Waals surface area (Å²) in [5.74, 6) is 0. The summed E-state index contributed by atoms with van der Waals surface area (Å²) in [5, 5.41) is 0. The van der Waals surface area contributed by atoms with E-state index in [9.17, 15) is 0 Å². The van der Waals surface area contributed by atoms with Crippen LogP contribution < -0.4 is 5.48 Å². The van der Waals surface area contributed by atoms with Gasteiger partial charge in [-0.05, 0) is 14.0 Å². The Kier molecular flexibility index (Phi) is 5.31. The summed E-state index contributed by atoms with van der Waals surface area (Å²) in [4.78, 5) is 9.89. The van der Waals surface area contributed by atoms with Crippen molar-refractivity contribution in [1.82, 2.24) is 15.3 Å². The maximum absolute atomic E-state index is 5.06. The van der Waals surface area contributed by atoms with E-state index in [2.05, 4.69) is 22.3 Å². The molecule has 1 aliphatic heterocycles. The lowest BCUT2D eigenvalue weighted by Gasteiger charge is -2.32. The molecule has 78 valence electrons. The molecule has 1 saturated heterocycles. The van der Waals surface area contributed by atoms with Crippen LogP contribution in [0.2, 0.25) is 0 Å². The minimum atomic E-state index is 0.739. The number of likely N-dealkylation sites (N-methyl/N-ethyl adjacent to an activating group) is 1. The SMILES string of the molecule is CCONCCN1CCN(C)CC1. The van der Waals surface area contributed by atoms with Crippen molar-refractivity contribution < 1.29 is 4.84 Å². The van der Waals surface area contributed by atoms with Crippen LogP contribution in [0.3, 0.4) is 0 Å². The van der Waals surface area contributed by atoms with Crippen molar-refractivity contribution in [2.75, 3.05) is 52.9 Å². The highest BCUT2D eigenvalue weighted by molar-refractivity contribution is 4.68. The Morgan fingerprint density at radius 1 is 1.23 bits per heavy atom. The summed E-state index contributed by atoms with van der Waals surface area (Å²) in [7, 11) is 2.18. The lowest BCUT2D eigenvalue weighted by molar-refractivity contribution is 0.0408. The van der Waals surface area contributed by atoms with Gasteiger partial charge in [0.2, 0.25) is 0 Å². The molecule has 0 aromatic carbocycles. The highest BCUT2D eigenvalue weighted by Gasteiger charge is 2.12. The van der Waals surface area contributed by atoms with E-state index < -0.39 is 0 Å². The van der Waals surface area contributed by atoms with Gasteiger partial charge in [0.25, 0.3) is 0 Å². The fourth-order valence-corrected chi connectivity index (χ4v) is 1.45. The van der Waals surface area contributed by atoms with Gasteiger partial charge < -0.3 is 9.74 Å². The van der Waals surface area contributed by atoms with Crippen LogP contribution in [0.1, 0.15) is 6.92 Å². The highest BCUT2D eigenvalue weighted by atomic mass is 16.6. The van der Waals surface area contributed by atoms with E-state index in [4.69, 9.17) is 4.84 Å². The van der Waals surface area contributed by atoms with Gasteiger partial charge in [0.1, 0.15) is 0 Å². The molecule has 0 bridgehead atoms. The molecule has 1 rings (SSSR count). The molecule has 13 heavy (non-hydrogen) atoms. The van der Waals surface area contributed by atoms with Crippen LogP contribution in [-0.4, -0.2) is 62.7 Å². The lowest BCUT2D eigenvalue weighted by Crippen LogP contribution is -2.46. The minimum Gasteiger partial charge on any atom is -0.304 e. The summed E-state index contributed by atoms with van der Waals surface area (Å²) >= 11 is 0. The molecule has 4 heteroatoms. The predicted molar refractivity (Wildman–Crippen MR) is 53.6 cm³/mol. The van der Waals surface area contributed by atoms with E-state index in [-0.39, 0.29) is 0 Å². The Balaban J connectivity index is 1.96. The molecular weight excluding hydrogens is 166 g/mol. The Hall–Kier alpha value is -0.160. The second kappa shape index (κ2) is 6.32. The average Bonchev–Trinajstić information content (AvgIpc) is 2.15. The van der Waals surface area contributed by atoms with Gasteiger partial charge in [0.15, 0.2) is 0 Å². The number of hydrogen-bond donors (Lipinski definition) is 1. The standard InChI is InChI=1S/C9H21N3O/c1-3-13-10-4-5-12-8-6-11(2)7-9-12/h10H,3-9H2,1-2H3. The van der Waals surface area contributed by atoms with Gasteiger partial charge in [-0.25, -0.2) is 5.48 Å². The fraction of sp³-hybridized carbons (Fsp3) is 1.00. The Morgan fingerprint density at radius 3 is 2.54 bits per heavy atom. The lowest BCUT2D eigenvalue weighted by atomic mass is 10.3. The summed E-state index contributed by atoms with van der Waals surface area (Å²) in [6, 6.07) is 0. The number of piperazine rings is 1. The normalized spacial score (nSPS) is 20.8. The molecule has 1 heterocycles. The summed E-state index contributed by atoms with van der Waals surface area (Å²) in [6.45, 7) is 9.49. The van der Waals surface area contributed by atoms with Crippen LogP contribution in [0.4, 0.5) is 0 Å². The maximum Gasteiger partial charge on any atom is 0.0653 e. The third-order valence-corrected chi connectivity index (χ3v) is 2.37. The summed E-state index contributed by atoms with van der Waals surface area (Å²) in [6.07, 6.45) is 0. The van der Waals surface area contributed by atoms with Crippen molar-refractivity contribution in [1.29, 1.82) is 0 Å². The molecule has 1 N–H and O–H groups in total. The maximum atomic E-state index is 5.06. The molecule has 0 aromatic heterocycles. The molecule has 0 spiro atoms. The zero-order valence-corrected chi connectivity index (χ0v) is 8.75. The molecule has 4 nitrogen and oxygen atoms in total. The van der Waals surface area contributed by atoms with Crippen LogP contribution in [0.15, 0.2) is 0 Å². The van der Waals surface area contributed by atoms with Crippen molar-refractivity contribution in [2.24, 2.45) is 0 Å². The first-order valence-corrected chi connectivity index (χ1v) is 5.08. The molecule has 1 fully saturated rings. The largest absolute Gasteiger partial charge is 0.304 e. The molecular formula is C9H21N3O. The molecule has 1 aliphatic rings. The number of rotatable bonds is 5. The zero-order chi connectivity index (χ0) is 9.52. The average molecular weight is 187 g/mol. The van der Waals surface area contributed by atoms with Crippen molar-refractivity contribution in [3.8, 4) is 0 Å². The van der Waals surface area contributed by atoms with Crippen LogP contribution in [0.25, 0.3) is 0 Å². The van der Waals surface area contributed by atoms with Crippen molar-refractivity contribution in [3.05, 3.63) is 0 Å². The number of hydrogen-bond acceptors (Lipinski definition) is 4. The Morgan fingerprint density at radius 2 is 1.92 bits per heavy atom. The van der Waals surface area contributed by atoms with Gasteiger partial charge in [0, 0.05) is 39.3 Å². The van der Waals surface area contributed by atoms with E-state index in [0.29, 0.717) is 0 Å². The van der Waals surface area contributed by atoms with E-state index >= 15 is 0 Å². The van der Waals surface area contributed by atoms with Crippen LogP contribution in [0.5, 0.6) is 0 Å².